The van der Waals surface area contributed by atoms with Gasteiger partial charge in [-0.15, -0.1) is 0 Å². The normalized spacial score (nSPS) is 14.1. The summed E-state index contributed by atoms with van der Waals surface area (Å²) in [4.78, 5) is 40.2. The summed E-state index contributed by atoms with van der Waals surface area (Å²) in [7, 11) is 1.17. The first-order chi connectivity index (χ1) is 42.4. The molecule has 9 nitrogen and oxygen atoms in total. The van der Waals surface area contributed by atoms with E-state index in [0.717, 1.165) is 122 Å². The summed E-state index contributed by atoms with van der Waals surface area (Å²) < 4.78 is 30.5. The number of amides is 1. The van der Waals surface area contributed by atoms with E-state index in [2.05, 4.69) is 123 Å². The number of phosphoric acid groups is 1. The Kier molecular flexibility index (Phi) is 63.1. The van der Waals surface area contributed by atoms with Crippen molar-refractivity contribution in [1.29, 1.82) is 0 Å². The number of unbranched alkanes of at least 4 members (excludes halogenated alkanes) is 33. The molecule has 0 aliphatic heterocycles. The number of likely N-dealkylation sites (N-methyl/N-ethyl adjacent to an activating group) is 1. The molecule has 1 N–H and O–H groups in total. The second-order valence-corrected chi connectivity index (χ2v) is 26.8. The summed E-state index contributed by atoms with van der Waals surface area (Å²) >= 11 is 0. The van der Waals surface area contributed by atoms with Gasteiger partial charge in [-0.05, 0) is 115 Å². The van der Waals surface area contributed by atoms with Crippen LogP contribution in [0.2, 0.25) is 0 Å². The van der Waals surface area contributed by atoms with E-state index < -0.39 is 26.6 Å². The lowest BCUT2D eigenvalue weighted by Crippen LogP contribution is -2.47. The highest BCUT2D eigenvalue weighted by molar-refractivity contribution is 7.45. The molecule has 0 aliphatic rings. The first-order valence-corrected chi connectivity index (χ1v) is 37.7. The van der Waals surface area contributed by atoms with Crippen LogP contribution in [-0.2, 0) is 27.9 Å². The third-order valence-corrected chi connectivity index (χ3v) is 16.7. The zero-order valence-corrected chi connectivity index (χ0v) is 58.3. The number of esters is 1. The number of nitrogens with zero attached hydrogens (tertiary/aromatic N) is 1. The van der Waals surface area contributed by atoms with Crippen LogP contribution < -0.4 is 10.2 Å². The maximum atomic E-state index is 13.6. The Morgan fingerprint density at radius 1 is 0.414 bits per heavy atom. The van der Waals surface area contributed by atoms with Crippen molar-refractivity contribution < 1.29 is 37.3 Å². The van der Waals surface area contributed by atoms with Crippen LogP contribution in [0.1, 0.15) is 316 Å². The Morgan fingerprint density at radius 2 is 0.736 bits per heavy atom. The van der Waals surface area contributed by atoms with Gasteiger partial charge in [0, 0.05) is 12.8 Å². The van der Waals surface area contributed by atoms with E-state index in [1.807, 2.05) is 33.3 Å². The Morgan fingerprint density at radius 3 is 1.13 bits per heavy atom. The number of ether oxygens (including phenoxy) is 1. The first kappa shape index (κ1) is 83.7. The summed E-state index contributed by atoms with van der Waals surface area (Å²) in [5.41, 5.74) is 0. The number of quaternary nitrogens is 1. The van der Waals surface area contributed by atoms with Gasteiger partial charge in [-0.1, -0.05) is 297 Å². The Labute approximate surface area is 538 Å². The smallest absolute Gasteiger partial charge is 0.306 e. The van der Waals surface area contributed by atoms with Gasteiger partial charge in [0.25, 0.3) is 7.82 Å². The van der Waals surface area contributed by atoms with Crippen LogP contribution in [-0.4, -0.2) is 69.4 Å². The fourth-order valence-corrected chi connectivity index (χ4v) is 10.9. The molecule has 0 saturated heterocycles. The molecule has 3 unspecified atom stereocenters. The molecule has 0 saturated carbocycles. The van der Waals surface area contributed by atoms with Crippen molar-refractivity contribution in [1.82, 2.24) is 5.32 Å². The lowest BCUT2D eigenvalue weighted by atomic mass is 10.0. The lowest BCUT2D eigenvalue weighted by molar-refractivity contribution is -0.870. The molecule has 0 heterocycles. The second kappa shape index (κ2) is 65.6. The molecule has 0 fully saturated rings. The number of hydrogen-bond donors (Lipinski definition) is 1. The van der Waals surface area contributed by atoms with Gasteiger partial charge in [0.15, 0.2) is 0 Å². The third kappa shape index (κ3) is 66.9. The van der Waals surface area contributed by atoms with Crippen molar-refractivity contribution in [3.05, 3.63) is 109 Å². The molecule has 0 spiro atoms. The first-order valence-electron chi connectivity index (χ1n) is 36.2. The van der Waals surface area contributed by atoms with Crippen LogP contribution >= 0.6 is 7.82 Å². The molecule has 0 radical (unpaired) electrons. The molecule has 0 aromatic heterocycles. The van der Waals surface area contributed by atoms with E-state index in [4.69, 9.17) is 13.8 Å². The number of hydrogen-bond acceptors (Lipinski definition) is 7. The summed E-state index contributed by atoms with van der Waals surface area (Å²) in [6.07, 6.45) is 90.6. The van der Waals surface area contributed by atoms with Crippen molar-refractivity contribution in [2.45, 2.75) is 328 Å². The highest BCUT2D eigenvalue weighted by Gasteiger charge is 2.27. The van der Waals surface area contributed by atoms with Crippen LogP contribution in [0, 0.1) is 0 Å². The molecule has 0 aromatic rings. The molecule has 10 heteroatoms. The van der Waals surface area contributed by atoms with Crippen molar-refractivity contribution in [2.75, 3.05) is 40.9 Å². The van der Waals surface area contributed by atoms with Gasteiger partial charge in [-0.2, -0.15) is 0 Å². The zero-order valence-electron chi connectivity index (χ0n) is 57.4. The van der Waals surface area contributed by atoms with Gasteiger partial charge in [0.05, 0.1) is 33.8 Å². The predicted molar refractivity (Wildman–Crippen MR) is 376 cm³/mol. The molecule has 1 amide bonds. The Bertz CT molecular complexity index is 1860. The molecule has 0 aliphatic carbocycles. The third-order valence-electron chi connectivity index (χ3n) is 15.7. The minimum atomic E-state index is -4.71. The van der Waals surface area contributed by atoms with Crippen molar-refractivity contribution >= 4 is 19.7 Å². The number of carbonyl (C=O) groups excluding carboxylic acids is 2. The zero-order chi connectivity index (χ0) is 63.5. The van der Waals surface area contributed by atoms with E-state index in [9.17, 15) is 19.0 Å². The SMILES string of the molecule is CC/C=C\C/C=C\C/C=C\C/C=C\C/C=C\C/C=C\CCCCCCCCCCC(=O)OC(/C=C\CCCCCCCCCCCCC)C(COP(=O)([O-])OCC[N+](C)(C)C)NC(=O)CCCCCCCCCCCCC/C=C\C/C=C\CCCCC. The Balaban J connectivity index is 5.12. The molecule has 3 atom stereocenters. The average Bonchev–Trinajstić information content (AvgIpc) is 3.70. The summed E-state index contributed by atoms with van der Waals surface area (Å²) in [5.74, 6) is -0.550. The van der Waals surface area contributed by atoms with Gasteiger partial charge < -0.3 is 28.5 Å². The summed E-state index contributed by atoms with van der Waals surface area (Å²) in [6.45, 7) is 6.72. The van der Waals surface area contributed by atoms with E-state index in [1.165, 1.54) is 161 Å². The maximum absolute atomic E-state index is 13.6. The van der Waals surface area contributed by atoms with Crippen LogP contribution in [0.4, 0.5) is 0 Å². The predicted octanol–water partition coefficient (Wildman–Crippen LogP) is 22.6. The number of rotatable bonds is 65. The van der Waals surface area contributed by atoms with Gasteiger partial charge in [-0.3, -0.25) is 14.2 Å². The highest BCUT2D eigenvalue weighted by Crippen LogP contribution is 2.38. The number of phosphoric ester groups is 1. The maximum Gasteiger partial charge on any atom is 0.306 e. The largest absolute Gasteiger partial charge is 0.756 e. The molecular weight excluding hydrogens is 1100 g/mol. The molecule has 502 valence electrons. The van der Waals surface area contributed by atoms with Gasteiger partial charge >= 0.3 is 5.97 Å². The van der Waals surface area contributed by atoms with Crippen molar-refractivity contribution in [3.8, 4) is 0 Å². The van der Waals surface area contributed by atoms with Gasteiger partial charge in [-0.25, -0.2) is 0 Å². The lowest BCUT2D eigenvalue weighted by Gasteiger charge is -2.30. The minimum Gasteiger partial charge on any atom is -0.756 e. The number of allylic oxidation sites excluding steroid dienone is 17. The van der Waals surface area contributed by atoms with Crippen LogP contribution in [0.15, 0.2) is 109 Å². The molecular formula is C77H137N2O7P. The van der Waals surface area contributed by atoms with Crippen LogP contribution in [0.5, 0.6) is 0 Å². The monoisotopic (exact) mass is 1230 g/mol. The van der Waals surface area contributed by atoms with E-state index in [-0.39, 0.29) is 24.9 Å². The topological polar surface area (TPSA) is 114 Å². The van der Waals surface area contributed by atoms with Crippen LogP contribution in [0.25, 0.3) is 0 Å². The quantitative estimate of drug-likeness (QED) is 0.0212. The van der Waals surface area contributed by atoms with Crippen molar-refractivity contribution in [3.63, 3.8) is 0 Å². The van der Waals surface area contributed by atoms with Crippen LogP contribution in [0.3, 0.4) is 0 Å². The highest BCUT2D eigenvalue weighted by atomic mass is 31.2. The summed E-state index contributed by atoms with van der Waals surface area (Å²) in [5, 5.41) is 3.04. The van der Waals surface area contributed by atoms with E-state index in [0.29, 0.717) is 17.4 Å². The number of carbonyl (C=O) groups is 2. The molecule has 0 bridgehead atoms. The fraction of sp³-hybridized carbons (Fsp3) is 0.740. The Hall–Kier alpha value is -3.33. The minimum absolute atomic E-state index is 0.0282. The molecule has 87 heavy (non-hydrogen) atoms. The molecule has 0 rings (SSSR count). The van der Waals surface area contributed by atoms with E-state index >= 15 is 0 Å². The average molecular weight is 1230 g/mol. The van der Waals surface area contributed by atoms with E-state index in [1.54, 1.807) is 0 Å². The second-order valence-electron chi connectivity index (χ2n) is 25.4. The van der Waals surface area contributed by atoms with Gasteiger partial charge in [0.1, 0.15) is 19.3 Å². The van der Waals surface area contributed by atoms with Crippen molar-refractivity contribution in [2.24, 2.45) is 0 Å². The van der Waals surface area contributed by atoms with Gasteiger partial charge in [0.2, 0.25) is 5.91 Å². The standard InChI is InChI=1S/C77H137N2O7P/c1-7-10-13-16-19-22-25-28-30-32-34-36-37-38-39-40-41-43-45-47-49-52-55-58-61-64-67-70-77(81)86-75(68-65-62-59-56-53-50-27-24-21-18-15-12-9-3)74(73-85-87(82,83)84-72-71-79(4,5)6)78-76(80)69-66-63-60-57-54-51-48-46-44-42-35-33-31-29-26-23-20-17-14-11-8-2/h10,13,19-20,22-23,28-31,34,36,38-39,41,43,65,68,74-75H,7-9,11-12,14-18,21,24-27,32-33,35,37,40,42,44-64,66-67,69-73H2,1-6H3,(H-,78,80,82,83)/b13-10-,22-19-,23-20-,30-28-,31-29-,36-34-,39-38-,43-41-,68-65-. The number of nitrogens with one attached hydrogen (secondary N) is 1. The molecule has 0 aromatic carbocycles. The summed E-state index contributed by atoms with van der Waals surface area (Å²) in [6, 6.07) is -0.900. The fourth-order valence-electron chi connectivity index (χ4n) is 10.1.